The Morgan fingerprint density at radius 2 is 1.96 bits per heavy atom. The van der Waals surface area contributed by atoms with Crippen molar-refractivity contribution >= 4 is 36.0 Å². The van der Waals surface area contributed by atoms with Crippen LogP contribution in [0.5, 0.6) is 0 Å². The second-order valence-corrected chi connectivity index (χ2v) is 7.23. The number of carbonyl (C=O) groups excluding carboxylic acids is 1. The van der Waals surface area contributed by atoms with Crippen LogP contribution in [-0.4, -0.2) is 48.2 Å². The molecule has 0 aromatic heterocycles. The van der Waals surface area contributed by atoms with Gasteiger partial charge in [-0.15, -0.1) is 24.0 Å². The van der Waals surface area contributed by atoms with Gasteiger partial charge in [0, 0.05) is 19.6 Å². The zero-order valence-corrected chi connectivity index (χ0v) is 18.6. The number of likely N-dealkylation sites (tertiary alicyclic amines) is 1. The van der Waals surface area contributed by atoms with E-state index in [0.717, 1.165) is 12.1 Å². The lowest BCUT2D eigenvalue weighted by molar-refractivity contribution is 0.00701. The predicted octanol–water partition coefficient (Wildman–Crippen LogP) is 2.85. The maximum atomic E-state index is 12.0. The second kappa shape index (κ2) is 10.3. The molecule has 0 atom stereocenters. The number of guanidine groups is 1. The van der Waals surface area contributed by atoms with E-state index in [1.54, 1.807) is 17.0 Å². The summed E-state index contributed by atoms with van der Waals surface area (Å²) in [5, 5.41) is 15.4. The first-order valence-electron chi connectivity index (χ1n) is 8.82. The molecule has 1 amide bonds. The van der Waals surface area contributed by atoms with Crippen LogP contribution < -0.4 is 10.6 Å². The summed E-state index contributed by atoms with van der Waals surface area (Å²) in [5.74, 6) is 0.714. The van der Waals surface area contributed by atoms with Gasteiger partial charge in [-0.3, -0.25) is 0 Å². The fourth-order valence-electron chi connectivity index (χ4n) is 2.41. The Morgan fingerprint density at radius 1 is 1.33 bits per heavy atom. The van der Waals surface area contributed by atoms with Crippen molar-refractivity contribution in [2.24, 2.45) is 4.99 Å². The molecule has 27 heavy (non-hydrogen) atoms. The van der Waals surface area contributed by atoms with Gasteiger partial charge in [0.1, 0.15) is 5.60 Å². The normalized spacial score (nSPS) is 14.5. The van der Waals surface area contributed by atoms with Gasteiger partial charge in [0.25, 0.3) is 0 Å². The molecule has 0 spiro atoms. The Hall–Kier alpha value is -2.02. The topological polar surface area (TPSA) is 89.8 Å². The number of halogens is 1. The molecule has 8 heteroatoms. The van der Waals surface area contributed by atoms with Crippen molar-refractivity contribution in [2.45, 2.75) is 45.9 Å². The molecule has 0 aliphatic carbocycles. The summed E-state index contributed by atoms with van der Waals surface area (Å²) >= 11 is 0. The molecular weight excluding hydrogens is 457 g/mol. The van der Waals surface area contributed by atoms with Crippen LogP contribution in [0.2, 0.25) is 0 Å². The third-order valence-corrected chi connectivity index (χ3v) is 3.72. The molecule has 1 aliphatic rings. The van der Waals surface area contributed by atoms with Gasteiger partial charge in [0.15, 0.2) is 5.96 Å². The van der Waals surface area contributed by atoms with Crippen molar-refractivity contribution in [3.8, 4) is 6.07 Å². The van der Waals surface area contributed by atoms with Gasteiger partial charge in [-0.2, -0.15) is 5.26 Å². The maximum Gasteiger partial charge on any atom is 0.410 e. The number of nitriles is 1. The van der Waals surface area contributed by atoms with E-state index in [2.05, 4.69) is 21.7 Å². The van der Waals surface area contributed by atoms with Crippen LogP contribution in [0, 0.1) is 11.3 Å². The van der Waals surface area contributed by atoms with Crippen molar-refractivity contribution in [1.29, 1.82) is 5.26 Å². The third kappa shape index (κ3) is 7.62. The highest BCUT2D eigenvalue weighted by molar-refractivity contribution is 14.0. The summed E-state index contributed by atoms with van der Waals surface area (Å²) in [5.41, 5.74) is 1.19. The van der Waals surface area contributed by atoms with Crippen molar-refractivity contribution in [2.75, 3.05) is 19.6 Å². The van der Waals surface area contributed by atoms with Gasteiger partial charge < -0.3 is 20.3 Å². The highest BCUT2D eigenvalue weighted by Gasteiger charge is 2.34. The smallest absolute Gasteiger partial charge is 0.410 e. The summed E-state index contributed by atoms with van der Waals surface area (Å²) < 4.78 is 5.36. The number of hydrogen-bond donors (Lipinski definition) is 2. The maximum absolute atomic E-state index is 12.0. The Kier molecular flexibility index (Phi) is 8.82. The number of aliphatic imine (C=N–C) groups is 1. The number of benzene rings is 1. The van der Waals surface area contributed by atoms with Crippen molar-refractivity contribution in [3.05, 3.63) is 35.4 Å². The second-order valence-electron chi connectivity index (χ2n) is 7.23. The summed E-state index contributed by atoms with van der Waals surface area (Å²) in [4.78, 5) is 18.2. The molecule has 1 fully saturated rings. The van der Waals surface area contributed by atoms with E-state index in [9.17, 15) is 4.79 Å². The van der Waals surface area contributed by atoms with Crippen LogP contribution in [0.15, 0.2) is 29.3 Å². The van der Waals surface area contributed by atoms with Gasteiger partial charge in [0.05, 0.1) is 24.2 Å². The number of rotatable bonds is 4. The van der Waals surface area contributed by atoms with Crippen molar-refractivity contribution in [3.63, 3.8) is 0 Å². The molecule has 1 heterocycles. The van der Waals surface area contributed by atoms with E-state index >= 15 is 0 Å². The minimum atomic E-state index is -0.479. The molecule has 148 valence electrons. The fraction of sp³-hybridized carbons (Fsp3) is 0.526. The van der Waals surface area contributed by atoms with Crippen LogP contribution >= 0.6 is 24.0 Å². The first kappa shape index (κ1) is 23.0. The Bertz CT molecular complexity index is 686. The molecule has 1 aromatic carbocycles. The van der Waals surface area contributed by atoms with Crippen molar-refractivity contribution in [1.82, 2.24) is 15.5 Å². The summed E-state index contributed by atoms with van der Waals surface area (Å²) in [6.45, 7) is 10.0. The summed E-state index contributed by atoms with van der Waals surface area (Å²) in [6.07, 6.45) is -0.282. The summed E-state index contributed by atoms with van der Waals surface area (Å²) in [7, 11) is 0. The van der Waals surface area contributed by atoms with E-state index in [4.69, 9.17) is 10.00 Å². The highest BCUT2D eigenvalue weighted by atomic mass is 127. The number of amides is 1. The lowest BCUT2D eigenvalue weighted by Crippen LogP contribution is -2.63. The summed E-state index contributed by atoms with van der Waals surface area (Å²) in [6, 6.07) is 9.64. The number of hydrogen-bond acceptors (Lipinski definition) is 4. The number of nitrogens with one attached hydrogen (secondary N) is 2. The molecule has 0 radical (unpaired) electrons. The molecule has 7 nitrogen and oxygen atoms in total. The SMILES string of the molecule is CCNC(=NCc1ccc(C#N)cc1)NC1CN(C(=O)OC(C)(C)C)C1.I. The van der Waals surface area contributed by atoms with E-state index in [1.165, 1.54) is 0 Å². The Morgan fingerprint density at radius 3 is 2.48 bits per heavy atom. The van der Waals surface area contributed by atoms with Crippen LogP contribution in [0.1, 0.15) is 38.8 Å². The van der Waals surface area contributed by atoms with E-state index in [0.29, 0.717) is 31.2 Å². The molecule has 0 unspecified atom stereocenters. The molecule has 1 aromatic rings. The molecule has 0 saturated carbocycles. The van der Waals surface area contributed by atoms with E-state index < -0.39 is 5.60 Å². The lowest BCUT2D eigenvalue weighted by atomic mass is 10.1. The van der Waals surface area contributed by atoms with Crippen LogP contribution in [0.4, 0.5) is 4.79 Å². The molecular formula is C19H28IN5O2. The van der Waals surface area contributed by atoms with Gasteiger partial charge in [-0.25, -0.2) is 9.79 Å². The molecule has 1 saturated heterocycles. The van der Waals surface area contributed by atoms with Gasteiger partial charge in [-0.05, 0) is 45.4 Å². The minimum Gasteiger partial charge on any atom is -0.444 e. The van der Waals surface area contributed by atoms with Crippen LogP contribution in [-0.2, 0) is 11.3 Å². The first-order chi connectivity index (χ1) is 12.3. The Balaban J connectivity index is 0.00000364. The number of ether oxygens (including phenoxy) is 1. The first-order valence-corrected chi connectivity index (χ1v) is 8.82. The number of nitrogens with zero attached hydrogens (tertiary/aromatic N) is 3. The average Bonchev–Trinajstić information content (AvgIpc) is 2.54. The minimum absolute atomic E-state index is 0. The number of carbonyl (C=O) groups is 1. The highest BCUT2D eigenvalue weighted by Crippen LogP contribution is 2.15. The molecule has 2 N–H and O–H groups in total. The largest absolute Gasteiger partial charge is 0.444 e. The molecule has 0 bridgehead atoms. The predicted molar refractivity (Wildman–Crippen MR) is 116 cm³/mol. The zero-order valence-electron chi connectivity index (χ0n) is 16.3. The monoisotopic (exact) mass is 485 g/mol. The van der Waals surface area contributed by atoms with Crippen LogP contribution in [0.3, 0.4) is 0 Å². The van der Waals surface area contributed by atoms with Gasteiger partial charge >= 0.3 is 6.09 Å². The zero-order chi connectivity index (χ0) is 19.2. The standard InChI is InChI=1S/C19H27N5O2.HI/c1-5-21-17(22-11-15-8-6-14(10-20)7-9-15)23-16-12-24(13-16)18(25)26-19(2,3)4;/h6-9,16H,5,11-13H2,1-4H3,(H2,21,22,23);1H. The van der Waals surface area contributed by atoms with E-state index in [1.807, 2.05) is 39.8 Å². The Labute approximate surface area is 178 Å². The average molecular weight is 485 g/mol. The third-order valence-electron chi connectivity index (χ3n) is 3.72. The van der Waals surface area contributed by atoms with Gasteiger partial charge in [0.2, 0.25) is 0 Å². The molecule has 1 aliphatic heterocycles. The van der Waals surface area contributed by atoms with Crippen molar-refractivity contribution < 1.29 is 9.53 Å². The van der Waals surface area contributed by atoms with E-state index in [-0.39, 0.29) is 36.1 Å². The lowest BCUT2D eigenvalue weighted by Gasteiger charge is -2.40. The molecule has 2 rings (SSSR count). The fourth-order valence-corrected chi connectivity index (χ4v) is 2.41. The van der Waals surface area contributed by atoms with Crippen LogP contribution in [0.25, 0.3) is 0 Å². The quantitative estimate of drug-likeness (QED) is 0.389. The van der Waals surface area contributed by atoms with Gasteiger partial charge in [-0.1, -0.05) is 12.1 Å².